The number of hydrogen-bond acceptors (Lipinski definition) is 8. The van der Waals surface area contributed by atoms with Gasteiger partial charge in [-0.2, -0.15) is 0 Å². The fraction of sp³-hybridized carbons (Fsp3) is 0.625. The van der Waals surface area contributed by atoms with Crippen LogP contribution in [0.3, 0.4) is 0 Å². The second kappa shape index (κ2) is 13.8. The molecule has 14 heteroatoms. The molecular formula is C16H29N7O7. The Kier molecular flexibility index (Phi) is 12.3. The molecule has 0 rings (SSSR count). The van der Waals surface area contributed by atoms with Gasteiger partial charge in [-0.15, -0.1) is 0 Å². The first-order chi connectivity index (χ1) is 14.0. The Hall–Kier alpha value is -3.26. The van der Waals surface area contributed by atoms with Gasteiger partial charge in [-0.05, 0) is 25.8 Å². The summed E-state index contributed by atoms with van der Waals surface area (Å²) >= 11 is 0. The van der Waals surface area contributed by atoms with Crippen LogP contribution in [0, 0.1) is 0 Å². The van der Waals surface area contributed by atoms with Gasteiger partial charge < -0.3 is 44.0 Å². The van der Waals surface area contributed by atoms with Crippen molar-refractivity contribution in [2.24, 2.45) is 22.9 Å². The Morgan fingerprint density at radius 2 is 1.43 bits per heavy atom. The van der Waals surface area contributed by atoms with Crippen LogP contribution >= 0.6 is 0 Å². The first-order valence-corrected chi connectivity index (χ1v) is 9.10. The van der Waals surface area contributed by atoms with Gasteiger partial charge in [-0.25, -0.2) is 4.79 Å². The molecular weight excluding hydrogens is 402 g/mol. The number of amides is 5. The normalized spacial score (nSPS) is 13.4. The third-order valence-electron chi connectivity index (χ3n) is 3.80. The quantitative estimate of drug-likeness (QED) is 0.116. The second-order valence-electron chi connectivity index (χ2n) is 6.47. The highest BCUT2D eigenvalue weighted by Crippen LogP contribution is 2.01. The minimum Gasteiger partial charge on any atom is -0.480 e. The zero-order valence-corrected chi connectivity index (χ0v) is 16.4. The summed E-state index contributed by atoms with van der Waals surface area (Å²) in [6.45, 7) is -0.232. The van der Waals surface area contributed by atoms with Crippen LogP contribution in [0.25, 0.3) is 0 Å². The number of rotatable bonds is 15. The van der Waals surface area contributed by atoms with Gasteiger partial charge in [-0.1, -0.05) is 0 Å². The van der Waals surface area contributed by atoms with Gasteiger partial charge in [0.2, 0.25) is 29.5 Å². The molecule has 0 radical (unpaired) electrons. The molecule has 0 aromatic rings. The number of primary amides is 2. The molecule has 0 heterocycles. The maximum absolute atomic E-state index is 12.2. The summed E-state index contributed by atoms with van der Waals surface area (Å²) in [5.41, 5.74) is 20.8. The Morgan fingerprint density at radius 3 is 1.93 bits per heavy atom. The van der Waals surface area contributed by atoms with Gasteiger partial charge in [0.1, 0.15) is 12.1 Å². The van der Waals surface area contributed by atoms with Crippen molar-refractivity contribution in [2.45, 2.75) is 50.2 Å². The van der Waals surface area contributed by atoms with Crippen LogP contribution in [0.5, 0.6) is 0 Å². The fourth-order valence-electron chi connectivity index (χ4n) is 2.28. The number of aliphatic carboxylic acids is 1. The lowest BCUT2D eigenvalue weighted by Crippen LogP contribution is -2.54. The molecule has 14 nitrogen and oxygen atoms in total. The predicted molar refractivity (Wildman–Crippen MR) is 103 cm³/mol. The average molecular weight is 431 g/mol. The van der Waals surface area contributed by atoms with Crippen LogP contribution < -0.4 is 38.9 Å². The minimum atomic E-state index is -1.46. The summed E-state index contributed by atoms with van der Waals surface area (Å²) in [6, 6.07) is -3.96. The lowest BCUT2D eigenvalue weighted by Gasteiger charge is -2.20. The van der Waals surface area contributed by atoms with Crippen LogP contribution in [-0.2, 0) is 28.8 Å². The predicted octanol–water partition coefficient (Wildman–Crippen LogP) is -4.64. The van der Waals surface area contributed by atoms with E-state index in [1.54, 1.807) is 0 Å². The SMILES string of the molecule is NCCCCC(NC(=O)CNC(=O)C(CC(N)=O)NC(=O)C(N)CC(N)=O)C(=O)O. The summed E-state index contributed by atoms with van der Waals surface area (Å²) < 4.78 is 0. The Bertz CT molecular complexity index is 656. The van der Waals surface area contributed by atoms with Gasteiger partial charge >= 0.3 is 5.97 Å². The summed E-state index contributed by atoms with van der Waals surface area (Å²) in [6.07, 6.45) is 0.144. The molecule has 0 aliphatic carbocycles. The van der Waals surface area contributed by atoms with E-state index in [9.17, 15) is 28.8 Å². The molecule has 0 saturated heterocycles. The first kappa shape index (κ1) is 26.7. The third-order valence-corrected chi connectivity index (χ3v) is 3.80. The van der Waals surface area contributed by atoms with E-state index in [2.05, 4.69) is 16.0 Å². The van der Waals surface area contributed by atoms with E-state index in [0.29, 0.717) is 19.4 Å². The van der Waals surface area contributed by atoms with E-state index in [0.717, 1.165) is 0 Å². The van der Waals surface area contributed by atoms with Gasteiger partial charge in [0, 0.05) is 0 Å². The monoisotopic (exact) mass is 431 g/mol. The molecule has 0 aliphatic rings. The van der Waals surface area contributed by atoms with Crippen molar-refractivity contribution in [3.63, 3.8) is 0 Å². The van der Waals surface area contributed by atoms with Gasteiger partial charge in [0.15, 0.2) is 0 Å². The largest absolute Gasteiger partial charge is 0.480 e. The smallest absolute Gasteiger partial charge is 0.326 e. The highest BCUT2D eigenvalue weighted by Gasteiger charge is 2.27. The fourth-order valence-corrected chi connectivity index (χ4v) is 2.28. The number of unbranched alkanes of at least 4 members (excludes halogenated alkanes) is 1. The maximum atomic E-state index is 12.2. The Balaban J connectivity index is 4.81. The van der Waals surface area contributed by atoms with Crippen molar-refractivity contribution in [1.82, 2.24) is 16.0 Å². The lowest BCUT2D eigenvalue weighted by atomic mass is 10.1. The highest BCUT2D eigenvalue weighted by molar-refractivity contribution is 5.95. The lowest BCUT2D eigenvalue weighted by molar-refractivity contribution is -0.142. The van der Waals surface area contributed by atoms with Crippen LogP contribution in [0.4, 0.5) is 0 Å². The Labute approximate surface area is 172 Å². The molecule has 0 aromatic carbocycles. The van der Waals surface area contributed by atoms with Crippen molar-refractivity contribution in [3.05, 3.63) is 0 Å². The van der Waals surface area contributed by atoms with E-state index >= 15 is 0 Å². The molecule has 3 unspecified atom stereocenters. The summed E-state index contributed by atoms with van der Waals surface area (Å²) in [4.78, 5) is 69.2. The molecule has 0 aromatic heterocycles. The van der Waals surface area contributed by atoms with Crippen molar-refractivity contribution in [3.8, 4) is 0 Å². The second-order valence-corrected chi connectivity index (χ2v) is 6.47. The van der Waals surface area contributed by atoms with Gasteiger partial charge in [-0.3, -0.25) is 24.0 Å². The zero-order valence-electron chi connectivity index (χ0n) is 16.4. The molecule has 12 N–H and O–H groups in total. The van der Waals surface area contributed by atoms with Crippen molar-refractivity contribution in [2.75, 3.05) is 13.1 Å². The number of nitrogens with one attached hydrogen (secondary N) is 3. The minimum absolute atomic E-state index is 0.157. The molecule has 30 heavy (non-hydrogen) atoms. The molecule has 5 amide bonds. The van der Waals surface area contributed by atoms with Crippen molar-refractivity contribution in [1.29, 1.82) is 0 Å². The van der Waals surface area contributed by atoms with Crippen LogP contribution in [0.1, 0.15) is 32.1 Å². The number of hydrogen-bond donors (Lipinski definition) is 8. The van der Waals surface area contributed by atoms with Crippen LogP contribution in [0.2, 0.25) is 0 Å². The number of carbonyl (C=O) groups is 6. The molecule has 0 saturated carbocycles. The summed E-state index contributed by atoms with van der Waals surface area (Å²) in [7, 11) is 0. The van der Waals surface area contributed by atoms with Crippen LogP contribution in [-0.4, -0.2) is 71.8 Å². The Morgan fingerprint density at radius 1 is 0.833 bits per heavy atom. The van der Waals surface area contributed by atoms with E-state index in [1.165, 1.54) is 0 Å². The molecule has 0 fully saturated rings. The number of carboxylic acids is 1. The van der Waals surface area contributed by atoms with E-state index in [-0.39, 0.29) is 6.42 Å². The zero-order chi connectivity index (χ0) is 23.3. The molecule has 170 valence electrons. The molecule has 0 bridgehead atoms. The standard InChI is InChI=1S/C16H29N7O7/c17-4-2-1-3-9(16(29)30)22-13(26)7-21-15(28)10(6-12(20)25)23-14(27)8(18)5-11(19)24/h8-10H,1-7,17-18H2,(H2,19,24)(H2,20,25)(H,21,28)(H,22,26)(H,23,27)(H,29,30). The molecule has 0 aliphatic heterocycles. The molecule has 3 atom stereocenters. The van der Waals surface area contributed by atoms with Crippen molar-refractivity contribution >= 4 is 35.5 Å². The maximum Gasteiger partial charge on any atom is 0.326 e. The number of carbonyl (C=O) groups excluding carboxylic acids is 5. The van der Waals surface area contributed by atoms with Gasteiger partial charge in [0.05, 0.1) is 25.4 Å². The van der Waals surface area contributed by atoms with E-state index < -0.39 is 73.0 Å². The molecule has 0 spiro atoms. The van der Waals surface area contributed by atoms with E-state index in [1.807, 2.05) is 0 Å². The number of carboxylic acid groups (broad SMARTS) is 1. The summed E-state index contributed by atoms with van der Waals surface area (Å²) in [5.74, 6) is -5.66. The topological polar surface area (TPSA) is 263 Å². The first-order valence-electron chi connectivity index (χ1n) is 9.10. The van der Waals surface area contributed by atoms with Crippen molar-refractivity contribution < 1.29 is 33.9 Å². The summed E-state index contributed by atoms with van der Waals surface area (Å²) in [5, 5.41) is 15.7. The number of nitrogens with two attached hydrogens (primary N) is 4. The van der Waals surface area contributed by atoms with E-state index in [4.69, 9.17) is 28.0 Å². The van der Waals surface area contributed by atoms with Gasteiger partial charge in [0.25, 0.3) is 0 Å². The highest BCUT2D eigenvalue weighted by atomic mass is 16.4. The van der Waals surface area contributed by atoms with Crippen LogP contribution in [0.15, 0.2) is 0 Å². The average Bonchev–Trinajstić information content (AvgIpc) is 2.63. The third kappa shape index (κ3) is 11.6.